The number of halogens is 2. The zero-order valence-electron chi connectivity index (χ0n) is 9.56. The summed E-state index contributed by atoms with van der Waals surface area (Å²) >= 11 is 9.61. The van der Waals surface area contributed by atoms with E-state index in [1.807, 2.05) is 37.3 Å². The van der Waals surface area contributed by atoms with Gasteiger partial charge in [0.25, 0.3) is 0 Å². The van der Waals surface area contributed by atoms with Gasteiger partial charge in [-0.3, -0.25) is 0 Å². The van der Waals surface area contributed by atoms with Crippen molar-refractivity contribution in [1.29, 1.82) is 0 Å². The molecule has 0 fully saturated rings. The van der Waals surface area contributed by atoms with Crippen LogP contribution in [0.3, 0.4) is 0 Å². The zero-order valence-corrected chi connectivity index (χ0v) is 11.9. The third-order valence-electron chi connectivity index (χ3n) is 2.73. The molecule has 2 heterocycles. The number of fused-ring (bicyclic) bond motifs is 1. The molecule has 0 radical (unpaired) electrons. The fraction of sp³-hybridized carbons (Fsp3) is 0.0769. The number of para-hydroxylation sites is 1. The Hall–Kier alpha value is -1.39. The summed E-state index contributed by atoms with van der Waals surface area (Å²) in [5.74, 6) is 0. The maximum Gasteiger partial charge on any atom is 0.165 e. The van der Waals surface area contributed by atoms with E-state index in [9.17, 15) is 0 Å². The van der Waals surface area contributed by atoms with Crippen molar-refractivity contribution in [3.8, 4) is 5.69 Å². The molecule has 18 heavy (non-hydrogen) atoms. The quantitative estimate of drug-likeness (QED) is 0.630. The highest BCUT2D eigenvalue weighted by Crippen LogP contribution is 2.29. The standard InChI is InChI=1S/C13H9BrClN3/c1-8-12-10(15)7-11(14)16-13(12)18(17-8)9-5-3-2-4-6-9/h2-7H,1H3. The van der Waals surface area contributed by atoms with Crippen molar-refractivity contribution < 1.29 is 0 Å². The Morgan fingerprint density at radius 2 is 1.94 bits per heavy atom. The molecule has 0 atom stereocenters. The maximum absolute atomic E-state index is 6.25. The Kier molecular flexibility index (Phi) is 2.84. The van der Waals surface area contributed by atoms with E-state index in [0.29, 0.717) is 9.63 Å². The minimum atomic E-state index is 0.659. The molecule has 0 aliphatic heterocycles. The van der Waals surface area contributed by atoms with E-state index >= 15 is 0 Å². The van der Waals surface area contributed by atoms with E-state index in [1.165, 1.54) is 0 Å². The summed E-state index contributed by atoms with van der Waals surface area (Å²) in [7, 11) is 0. The largest absolute Gasteiger partial charge is 0.221 e. The number of rotatable bonds is 1. The molecule has 0 unspecified atom stereocenters. The molecule has 0 saturated heterocycles. The van der Waals surface area contributed by atoms with Gasteiger partial charge >= 0.3 is 0 Å². The molecule has 1 aromatic carbocycles. The Morgan fingerprint density at radius 1 is 1.22 bits per heavy atom. The monoisotopic (exact) mass is 321 g/mol. The second-order valence-corrected chi connectivity index (χ2v) is 5.18. The molecule has 0 amide bonds. The summed E-state index contributed by atoms with van der Waals surface area (Å²) < 4.78 is 2.51. The Morgan fingerprint density at radius 3 is 2.67 bits per heavy atom. The lowest BCUT2D eigenvalue weighted by atomic mass is 10.3. The van der Waals surface area contributed by atoms with E-state index < -0.39 is 0 Å². The molecule has 0 aliphatic carbocycles. The fourth-order valence-electron chi connectivity index (χ4n) is 1.96. The summed E-state index contributed by atoms with van der Waals surface area (Å²) in [5.41, 5.74) is 2.61. The van der Waals surface area contributed by atoms with Crippen LogP contribution in [0.15, 0.2) is 41.0 Å². The van der Waals surface area contributed by atoms with Crippen LogP contribution in [0.2, 0.25) is 5.02 Å². The molecule has 0 N–H and O–H groups in total. The van der Waals surface area contributed by atoms with Crippen molar-refractivity contribution >= 4 is 38.6 Å². The van der Waals surface area contributed by atoms with Crippen molar-refractivity contribution in [3.63, 3.8) is 0 Å². The van der Waals surface area contributed by atoms with Gasteiger partial charge in [0.2, 0.25) is 0 Å². The van der Waals surface area contributed by atoms with E-state index in [1.54, 1.807) is 10.7 Å². The molecule has 90 valence electrons. The molecule has 5 heteroatoms. The van der Waals surface area contributed by atoms with Gasteiger partial charge in [0.05, 0.1) is 21.8 Å². The van der Waals surface area contributed by atoms with E-state index in [4.69, 9.17) is 11.6 Å². The Balaban J connectivity index is 2.38. The zero-order chi connectivity index (χ0) is 12.7. The van der Waals surface area contributed by atoms with Gasteiger partial charge < -0.3 is 0 Å². The van der Waals surface area contributed by atoms with Crippen LogP contribution < -0.4 is 0 Å². The van der Waals surface area contributed by atoms with Crippen molar-refractivity contribution in [2.75, 3.05) is 0 Å². The van der Waals surface area contributed by atoms with Crippen molar-refractivity contribution in [3.05, 3.63) is 51.7 Å². The summed E-state index contributed by atoms with van der Waals surface area (Å²) in [4.78, 5) is 4.47. The topological polar surface area (TPSA) is 30.7 Å². The van der Waals surface area contributed by atoms with Crippen LogP contribution in [0.5, 0.6) is 0 Å². The van der Waals surface area contributed by atoms with E-state index in [0.717, 1.165) is 22.4 Å². The van der Waals surface area contributed by atoms with Gasteiger partial charge in [0, 0.05) is 0 Å². The van der Waals surface area contributed by atoms with Crippen LogP contribution in [0.4, 0.5) is 0 Å². The third-order valence-corrected chi connectivity index (χ3v) is 3.44. The Labute approximate surface area is 118 Å². The average molecular weight is 323 g/mol. The molecule has 2 aromatic heterocycles. The van der Waals surface area contributed by atoms with Gasteiger partial charge in [-0.2, -0.15) is 5.10 Å². The molecular weight excluding hydrogens is 314 g/mol. The van der Waals surface area contributed by atoms with Gasteiger partial charge in [-0.05, 0) is 41.1 Å². The number of aromatic nitrogens is 3. The SMILES string of the molecule is Cc1nn(-c2ccccc2)c2nc(Br)cc(Cl)c12. The average Bonchev–Trinajstić information content (AvgIpc) is 2.67. The van der Waals surface area contributed by atoms with Crippen molar-refractivity contribution in [2.24, 2.45) is 0 Å². The predicted molar refractivity (Wildman–Crippen MR) is 76.3 cm³/mol. The van der Waals surface area contributed by atoms with E-state index in [-0.39, 0.29) is 0 Å². The van der Waals surface area contributed by atoms with Crippen molar-refractivity contribution in [2.45, 2.75) is 6.92 Å². The van der Waals surface area contributed by atoms with E-state index in [2.05, 4.69) is 26.0 Å². The van der Waals surface area contributed by atoms with Gasteiger partial charge in [-0.25, -0.2) is 9.67 Å². The number of benzene rings is 1. The minimum absolute atomic E-state index is 0.659. The lowest BCUT2D eigenvalue weighted by Gasteiger charge is -2.02. The predicted octanol–water partition coefficient (Wildman–Crippen LogP) is 4.14. The molecule has 0 aliphatic rings. The second kappa shape index (κ2) is 4.37. The molecule has 0 saturated carbocycles. The maximum atomic E-state index is 6.25. The first kappa shape index (κ1) is 11.7. The van der Waals surface area contributed by atoms with Crippen LogP contribution in [0, 0.1) is 6.92 Å². The number of pyridine rings is 1. The highest BCUT2D eigenvalue weighted by Gasteiger charge is 2.14. The number of hydrogen-bond donors (Lipinski definition) is 0. The summed E-state index contributed by atoms with van der Waals surface area (Å²) in [5, 5.41) is 6.06. The lowest BCUT2D eigenvalue weighted by Crippen LogP contribution is -1.97. The van der Waals surface area contributed by atoms with Crippen LogP contribution in [-0.4, -0.2) is 14.8 Å². The molecular formula is C13H9BrClN3. The van der Waals surface area contributed by atoms with Crippen LogP contribution in [0.1, 0.15) is 5.69 Å². The molecule has 3 nitrogen and oxygen atoms in total. The first-order valence-corrected chi connectivity index (χ1v) is 6.60. The summed E-state index contributed by atoms with van der Waals surface area (Å²) in [6, 6.07) is 11.7. The highest BCUT2D eigenvalue weighted by atomic mass is 79.9. The van der Waals surface area contributed by atoms with Gasteiger partial charge in [0.1, 0.15) is 4.60 Å². The number of hydrogen-bond acceptors (Lipinski definition) is 2. The fourth-order valence-corrected chi connectivity index (χ4v) is 2.81. The number of aryl methyl sites for hydroxylation is 1. The highest BCUT2D eigenvalue weighted by molar-refractivity contribution is 9.10. The lowest BCUT2D eigenvalue weighted by molar-refractivity contribution is 0.876. The normalized spacial score (nSPS) is 11.1. The van der Waals surface area contributed by atoms with Crippen LogP contribution >= 0.6 is 27.5 Å². The van der Waals surface area contributed by atoms with Gasteiger partial charge in [-0.1, -0.05) is 29.8 Å². The first-order chi connectivity index (χ1) is 8.66. The third kappa shape index (κ3) is 1.82. The minimum Gasteiger partial charge on any atom is -0.221 e. The van der Waals surface area contributed by atoms with Gasteiger partial charge in [0.15, 0.2) is 5.65 Å². The smallest absolute Gasteiger partial charge is 0.165 e. The summed E-state index contributed by atoms with van der Waals surface area (Å²) in [6.45, 7) is 1.93. The van der Waals surface area contributed by atoms with Crippen LogP contribution in [-0.2, 0) is 0 Å². The molecule has 0 bridgehead atoms. The number of nitrogens with zero attached hydrogens (tertiary/aromatic N) is 3. The van der Waals surface area contributed by atoms with Crippen LogP contribution in [0.25, 0.3) is 16.7 Å². The first-order valence-electron chi connectivity index (χ1n) is 5.43. The van der Waals surface area contributed by atoms with Crippen molar-refractivity contribution in [1.82, 2.24) is 14.8 Å². The van der Waals surface area contributed by atoms with Gasteiger partial charge in [-0.15, -0.1) is 0 Å². The molecule has 3 aromatic rings. The second-order valence-electron chi connectivity index (χ2n) is 3.96. The Bertz CT molecular complexity index is 722. The summed E-state index contributed by atoms with van der Waals surface area (Å²) in [6.07, 6.45) is 0. The molecule has 0 spiro atoms. The molecule has 3 rings (SSSR count).